The number of amides is 1. The van der Waals surface area contributed by atoms with Gasteiger partial charge < -0.3 is 10.2 Å². The van der Waals surface area contributed by atoms with Gasteiger partial charge in [-0.25, -0.2) is 18.3 Å². The van der Waals surface area contributed by atoms with Gasteiger partial charge in [0.2, 0.25) is 0 Å². The quantitative estimate of drug-likeness (QED) is 0.834. The molecule has 1 amide bonds. The summed E-state index contributed by atoms with van der Waals surface area (Å²) < 4.78 is 65.5. The van der Waals surface area contributed by atoms with Crippen LogP contribution in [0.3, 0.4) is 0 Å². The average Bonchev–Trinajstić information content (AvgIpc) is 2.97. The number of hydrogen-bond acceptors (Lipinski definition) is 4. The minimum absolute atomic E-state index is 0.0151. The van der Waals surface area contributed by atoms with Crippen LogP contribution in [0.2, 0.25) is 0 Å². The lowest BCUT2D eigenvalue weighted by molar-refractivity contribution is -0.142. The number of aromatic nitrogens is 3. The second-order valence-corrected chi connectivity index (χ2v) is 5.23. The Morgan fingerprint density at radius 2 is 2.12 bits per heavy atom. The van der Waals surface area contributed by atoms with Gasteiger partial charge in [-0.05, 0) is 6.07 Å². The van der Waals surface area contributed by atoms with Gasteiger partial charge in [0.05, 0.1) is 0 Å². The van der Waals surface area contributed by atoms with Crippen LogP contribution in [0.15, 0.2) is 18.3 Å². The van der Waals surface area contributed by atoms with Gasteiger partial charge in [-0.2, -0.15) is 18.3 Å². The monoisotopic (exact) mass is 349 g/mol. The highest BCUT2D eigenvalue weighted by atomic mass is 19.4. The second-order valence-electron chi connectivity index (χ2n) is 5.23. The third kappa shape index (κ3) is 2.90. The number of carbonyl (C=O) groups is 1. The van der Waals surface area contributed by atoms with Crippen molar-refractivity contribution < 1.29 is 26.7 Å². The molecule has 1 aliphatic heterocycles. The molecule has 1 atom stereocenters. The van der Waals surface area contributed by atoms with Gasteiger partial charge in [0.25, 0.3) is 12.3 Å². The van der Waals surface area contributed by atoms with Gasteiger partial charge in [0.15, 0.2) is 11.3 Å². The molecule has 130 valence electrons. The zero-order valence-electron chi connectivity index (χ0n) is 12.1. The van der Waals surface area contributed by atoms with Crippen molar-refractivity contribution in [1.29, 1.82) is 0 Å². The molecule has 1 aliphatic rings. The third-order valence-corrected chi connectivity index (χ3v) is 3.70. The van der Waals surface area contributed by atoms with E-state index in [-0.39, 0.29) is 24.4 Å². The van der Waals surface area contributed by atoms with Gasteiger partial charge in [-0.15, -0.1) is 0 Å². The van der Waals surface area contributed by atoms with Crippen LogP contribution in [0.1, 0.15) is 16.2 Å². The van der Waals surface area contributed by atoms with E-state index in [9.17, 15) is 26.7 Å². The van der Waals surface area contributed by atoms with Gasteiger partial charge in [0, 0.05) is 31.9 Å². The minimum atomic E-state index is -4.69. The van der Waals surface area contributed by atoms with Gasteiger partial charge in [0.1, 0.15) is 11.7 Å². The summed E-state index contributed by atoms with van der Waals surface area (Å²) in [6, 6.07) is 0.425. The molecule has 6 nitrogen and oxygen atoms in total. The van der Waals surface area contributed by atoms with E-state index in [2.05, 4.69) is 15.4 Å². The molecular weight excluding hydrogens is 337 g/mol. The maximum absolute atomic E-state index is 13.1. The first kappa shape index (κ1) is 16.6. The molecule has 2 aromatic heterocycles. The minimum Gasteiger partial charge on any atom is -0.326 e. The van der Waals surface area contributed by atoms with Crippen molar-refractivity contribution in [1.82, 2.24) is 24.8 Å². The average molecular weight is 349 g/mol. The van der Waals surface area contributed by atoms with Crippen molar-refractivity contribution in [2.75, 3.05) is 19.6 Å². The summed E-state index contributed by atoms with van der Waals surface area (Å²) >= 11 is 0. The van der Waals surface area contributed by atoms with Crippen LogP contribution in [0.5, 0.6) is 0 Å². The smallest absolute Gasteiger partial charge is 0.326 e. The number of halogens is 5. The molecule has 24 heavy (non-hydrogen) atoms. The van der Waals surface area contributed by atoms with Crippen LogP contribution in [-0.2, 0) is 6.18 Å². The molecule has 0 aromatic carbocycles. The number of fused-ring (bicyclic) bond motifs is 1. The highest BCUT2D eigenvalue weighted by molar-refractivity contribution is 5.93. The number of piperazine rings is 1. The molecule has 0 spiro atoms. The van der Waals surface area contributed by atoms with Gasteiger partial charge in [-0.3, -0.25) is 4.79 Å². The Hall–Kier alpha value is -2.30. The lowest BCUT2D eigenvalue weighted by Gasteiger charge is -2.35. The summed E-state index contributed by atoms with van der Waals surface area (Å²) in [5.74, 6) is -0.847. The Morgan fingerprint density at radius 3 is 2.79 bits per heavy atom. The number of alkyl halides is 5. The fourth-order valence-corrected chi connectivity index (χ4v) is 2.56. The topological polar surface area (TPSA) is 62.5 Å². The van der Waals surface area contributed by atoms with Crippen LogP contribution >= 0.6 is 0 Å². The summed E-state index contributed by atoms with van der Waals surface area (Å²) in [6.07, 6.45) is -6.52. The van der Waals surface area contributed by atoms with Crippen LogP contribution in [0.4, 0.5) is 22.0 Å². The second kappa shape index (κ2) is 5.96. The molecule has 3 rings (SSSR count). The number of hydrogen-bond donors (Lipinski definition) is 1. The largest absolute Gasteiger partial charge is 0.433 e. The predicted octanol–water partition coefficient (Wildman–Crippen LogP) is 1.43. The Labute approximate surface area is 132 Å². The molecule has 1 saturated heterocycles. The summed E-state index contributed by atoms with van der Waals surface area (Å²) in [7, 11) is 0. The molecule has 0 bridgehead atoms. The van der Waals surface area contributed by atoms with Crippen molar-refractivity contribution >= 4 is 11.6 Å². The van der Waals surface area contributed by atoms with E-state index in [0.717, 1.165) is 23.2 Å². The number of nitrogens with one attached hydrogen (secondary N) is 1. The maximum atomic E-state index is 13.1. The lowest BCUT2D eigenvalue weighted by atomic mass is 10.2. The molecule has 2 aromatic rings. The third-order valence-electron chi connectivity index (χ3n) is 3.70. The molecule has 1 fully saturated rings. The zero-order chi connectivity index (χ0) is 17.5. The molecule has 0 aliphatic carbocycles. The normalized spacial score (nSPS) is 19.2. The first-order chi connectivity index (χ1) is 11.3. The number of carbonyl (C=O) groups excluding carboxylic acids is 1. The van der Waals surface area contributed by atoms with Crippen LogP contribution < -0.4 is 5.32 Å². The van der Waals surface area contributed by atoms with E-state index in [1.165, 1.54) is 0 Å². The van der Waals surface area contributed by atoms with Crippen molar-refractivity contribution in [3.63, 3.8) is 0 Å². The van der Waals surface area contributed by atoms with Gasteiger partial charge in [-0.1, -0.05) is 0 Å². The molecule has 3 heterocycles. The van der Waals surface area contributed by atoms with Crippen LogP contribution in [0.25, 0.3) is 5.65 Å². The summed E-state index contributed by atoms with van der Waals surface area (Å²) in [5.41, 5.74) is -1.64. The molecular formula is C13H12F5N5O. The van der Waals surface area contributed by atoms with Crippen LogP contribution in [0, 0.1) is 0 Å². The highest BCUT2D eigenvalue weighted by Gasteiger charge is 2.37. The number of nitrogens with zero attached hydrogens (tertiary/aromatic N) is 4. The molecule has 0 saturated carbocycles. The molecule has 11 heteroatoms. The highest BCUT2D eigenvalue weighted by Crippen LogP contribution is 2.29. The Balaban J connectivity index is 1.99. The fourth-order valence-electron chi connectivity index (χ4n) is 2.56. The summed E-state index contributed by atoms with van der Waals surface area (Å²) in [6.45, 7) is 0.235. The maximum Gasteiger partial charge on any atom is 0.433 e. The van der Waals surface area contributed by atoms with Crippen molar-refractivity contribution in [2.24, 2.45) is 0 Å². The van der Waals surface area contributed by atoms with Crippen molar-refractivity contribution in [3.05, 3.63) is 29.7 Å². The fraction of sp³-hybridized carbons (Fsp3) is 0.462. The van der Waals surface area contributed by atoms with Crippen molar-refractivity contribution in [3.8, 4) is 0 Å². The Bertz CT molecular complexity index is 759. The van der Waals surface area contributed by atoms with E-state index >= 15 is 0 Å². The lowest BCUT2D eigenvalue weighted by Crippen LogP contribution is -2.56. The standard InChI is InChI=1S/C13H12F5N5O/c14-11(15)8-6-19-3-4-22(8)12(24)7-5-10-20-2-1-9(13(16,17)18)23(10)21-7/h1-2,5,8,11,19H,3-4,6H2. The molecule has 1 unspecified atom stereocenters. The Kier molecular flexibility index (Phi) is 4.11. The van der Waals surface area contributed by atoms with Gasteiger partial charge >= 0.3 is 6.18 Å². The Morgan fingerprint density at radius 1 is 1.38 bits per heavy atom. The first-order valence-corrected chi connectivity index (χ1v) is 7.01. The summed E-state index contributed by atoms with van der Waals surface area (Å²) in [5, 5.41) is 6.37. The molecule has 0 radical (unpaired) electrons. The predicted molar refractivity (Wildman–Crippen MR) is 71.7 cm³/mol. The van der Waals surface area contributed by atoms with E-state index in [1.54, 1.807) is 0 Å². The SMILES string of the molecule is O=C(c1cc2nccc(C(F)(F)F)n2n1)N1CCNCC1C(F)F. The van der Waals surface area contributed by atoms with E-state index < -0.39 is 30.2 Å². The zero-order valence-corrected chi connectivity index (χ0v) is 12.1. The molecule has 1 N–H and O–H groups in total. The summed E-state index contributed by atoms with van der Waals surface area (Å²) in [4.78, 5) is 17.1. The van der Waals surface area contributed by atoms with Crippen molar-refractivity contribution in [2.45, 2.75) is 18.6 Å². The van der Waals surface area contributed by atoms with E-state index in [1.807, 2.05) is 0 Å². The number of rotatable bonds is 2. The van der Waals surface area contributed by atoms with E-state index in [0.29, 0.717) is 11.1 Å². The van der Waals surface area contributed by atoms with Crippen LogP contribution in [-0.4, -0.2) is 57.5 Å². The first-order valence-electron chi connectivity index (χ1n) is 7.01. The van der Waals surface area contributed by atoms with E-state index in [4.69, 9.17) is 0 Å².